The van der Waals surface area contributed by atoms with Crippen LogP contribution in [0.25, 0.3) is 0 Å². The van der Waals surface area contributed by atoms with E-state index in [0.29, 0.717) is 0 Å². The number of amides is 1. The molecular weight excluding hydrogens is 632 g/mol. The van der Waals surface area contributed by atoms with E-state index in [2.05, 4.69) is 13.7 Å². The summed E-state index contributed by atoms with van der Waals surface area (Å²) < 4.78 is 133. The molecule has 0 aromatic carbocycles. The molecule has 2 aliphatic heterocycles. The Labute approximate surface area is 235 Å². The van der Waals surface area contributed by atoms with Gasteiger partial charge < -0.3 is 39.2 Å². The SMILES string of the molecule is CO[C@@H]1C(C(=O)NC(C)C)O[C@@H](O[C@H]2C(COS(=O)(=O)O)O[C@H](OC)[C@@H](NS(=O)(=O)O)C2O)[C@@H](OS(=O)(=O)O)C1O. The maximum Gasteiger partial charge on any atom is 0.397 e. The fraction of sp³-hybridized carbons (Fsp3) is 0.941. The second-order valence-electron chi connectivity index (χ2n) is 8.97. The van der Waals surface area contributed by atoms with E-state index in [1.165, 1.54) is 0 Å². The molecule has 0 bridgehead atoms. The van der Waals surface area contributed by atoms with Crippen LogP contribution >= 0.6 is 0 Å². The zero-order valence-corrected chi connectivity index (χ0v) is 24.2. The van der Waals surface area contributed by atoms with E-state index in [-0.39, 0.29) is 0 Å². The monoisotopic (exact) mass is 664 g/mol. The minimum atomic E-state index is -5.37. The highest BCUT2D eigenvalue weighted by atomic mass is 32.3. The lowest BCUT2D eigenvalue weighted by Gasteiger charge is -2.47. The number of aliphatic hydroxyl groups excluding tert-OH is 2. The molecule has 0 spiro atoms. The zero-order chi connectivity index (χ0) is 31.5. The summed E-state index contributed by atoms with van der Waals surface area (Å²) in [6.07, 6.45) is -17.7. The first kappa shape index (κ1) is 36.0. The minimum absolute atomic E-state index is 0.472. The average molecular weight is 665 g/mol. The molecule has 0 aromatic heterocycles. The molecule has 1 amide bonds. The number of carbonyl (C=O) groups is 1. The van der Waals surface area contributed by atoms with Crippen molar-refractivity contribution < 1.29 is 86.0 Å². The van der Waals surface area contributed by atoms with Crippen molar-refractivity contribution in [2.75, 3.05) is 20.8 Å². The molecule has 2 aliphatic rings. The molecule has 2 rings (SSSR count). The van der Waals surface area contributed by atoms with Crippen molar-refractivity contribution in [2.24, 2.45) is 0 Å². The molecule has 0 aromatic rings. The molecule has 4 unspecified atom stereocenters. The molecule has 7 N–H and O–H groups in total. The van der Waals surface area contributed by atoms with Gasteiger partial charge in [0.2, 0.25) is 0 Å². The lowest BCUT2D eigenvalue weighted by molar-refractivity contribution is -0.338. The standard InChI is InChI=1S/C17H32N2O19S3/c1-6(2)18-15(22)14-12(32-3)10(21)13(38-41(29,30)31)17(37-14)36-11-7(5-34-40(26,27)28)35-16(33-4)8(9(11)20)19-39(23,24)25/h6-14,16-17,19-21H,5H2,1-4H3,(H,18,22)(H,23,24,25)(H,26,27,28)(H,29,30,31)/t7?,8-,9?,10?,11-,12-,13-,14?,16-,17+/m0/s1. The van der Waals surface area contributed by atoms with Crippen molar-refractivity contribution in [1.29, 1.82) is 0 Å². The number of hydrogen-bond donors (Lipinski definition) is 7. The summed E-state index contributed by atoms with van der Waals surface area (Å²) in [6.45, 7) is 2.00. The Bertz CT molecular complexity index is 1210. The fourth-order valence-electron chi connectivity index (χ4n) is 4.05. The van der Waals surface area contributed by atoms with Gasteiger partial charge in [0.05, 0.1) is 6.61 Å². The minimum Gasteiger partial charge on any atom is -0.388 e. The number of aliphatic hydroxyl groups is 2. The molecule has 2 heterocycles. The molecule has 2 fully saturated rings. The van der Waals surface area contributed by atoms with E-state index in [1.54, 1.807) is 18.6 Å². The van der Waals surface area contributed by atoms with E-state index in [1.807, 2.05) is 0 Å². The number of hydrogen-bond acceptors (Lipinski definition) is 16. The van der Waals surface area contributed by atoms with Crippen molar-refractivity contribution in [3.63, 3.8) is 0 Å². The first-order valence-corrected chi connectivity index (χ1v) is 15.5. The van der Waals surface area contributed by atoms with Gasteiger partial charge in [0, 0.05) is 20.3 Å². The Balaban J connectivity index is 2.55. The van der Waals surface area contributed by atoms with Crippen LogP contribution in [0.1, 0.15) is 13.8 Å². The molecular formula is C17H32N2O19S3. The summed E-state index contributed by atoms with van der Waals surface area (Å²) in [5.41, 5.74) is 0. The molecule has 0 radical (unpaired) electrons. The molecule has 10 atom stereocenters. The van der Waals surface area contributed by atoms with E-state index in [4.69, 9.17) is 28.2 Å². The number of nitrogens with one attached hydrogen (secondary N) is 2. The average Bonchev–Trinajstić information content (AvgIpc) is 2.80. The van der Waals surface area contributed by atoms with Crippen LogP contribution in [0.3, 0.4) is 0 Å². The summed E-state index contributed by atoms with van der Waals surface area (Å²) in [6, 6.07) is -2.37. The van der Waals surface area contributed by atoms with Gasteiger partial charge in [0.15, 0.2) is 24.8 Å². The highest BCUT2D eigenvalue weighted by Gasteiger charge is 2.55. The molecule has 2 saturated heterocycles. The van der Waals surface area contributed by atoms with Gasteiger partial charge in [-0.25, -0.2) is 8.37 Å². The molecule has 0 saturated carbocycles. The highest BCUT2D eigenvalue weighted by molar-refractivity contribution is 7.83. The van der Waals surface area contributed by atoms with Crippen molar-refractivity contribution >= 4 is 37.0 Å². The van der Waals surface area contributed by atoms with Gasteiger partial charge in [-0.1, -0.05) is 0 Å². The van der Waals surface area contributed by atoms with Gasteiger partial charge in [-0.3, -0.25) is 18.5 Å². The number of rotatable bonds is 13. The van der Waals surface area contributed by atoms with Crippen LogP contribution in [0.15, 0.2) is 0 Å². The maximum atomic E-state index is 12.8. The molecule has 41 heavy (non-hydrogen) atoms. The highest BCUT2D eigenvalue weighted by Crippen LogP contribution is 2.32. The topological polar surface area (TPSA) is 309 Å². The lowest BCUT2D eigenvalue weighted by atomic mass is 9.95. The van der Waals surface area contributed by atoms with Gasteiger partial charge in [-0.2, -0.15) is 30.0 Å². The largest absolute Gasteiger partial charge is 0.397 e. The summed E-state index contributed by atoms with van der Waals surface area (Å²) in [4.78, 5) is 12.8. The van der Waals surface area contributed by atoms with E-state index in [9.17, 15) is 49.4 Å². The van der Waals surface area contributed by atoms with Crippen LogP contribution < -0.4 is 10.0 Å². The normalized spacial score (nSPS) is 35.4. The van der Waals surface area contributed by atoms with Crippen molar-refractivity contribution in [2.45, 2.75) is 81.2 Å². The van der Waals surface area contributed by atoms with E-state index < -0.39 is 111 Å². The quantitative estimate of drug-likeness (QED) is 0.0912. The zero-order valence-electron chi connectivity index (χ0n) is 21.7. The first-order valence-electron chi connectivity index (χ1n) is 11.4. The van der Waals surface area contributed by atoms with Gasteiger partial charge in [0.1, 0.15) is 36.6 Å². The predicted molar refractivity (Wildman–Crippen MR) is 128 cm³/mol. The lowest BCUT2D eigenvalue weighted by Crippen LogP contribution is -2.68. The second-order valence-corrected chi connectivity index (χ2v) is 12.3. The number of methoxy groups -OCH3 is 2. The van der Waals surface area contributed by atoms with Crippen molar-refractivity contribution in [3.05, 3.63) is 0 Å². The van der Waals surface area contributed by atoms with Gasteiger partial charge in [0.25, 0.3) is 5.91 Å². The Hall–Kier alpha value is -1.20. The molecule has 24 heteroatoms. The Morgan fingerprint density at radius 1 is 0.854 bits per heavy atom. The van der Waals surface area contributed by atoms with Crippen molar-refractivity contribution in [3.8, 4) is 0 Å². The van der Waals surface area contributed by atoms with Crippen LogP contribution in [-0.4, -0.2) is 143 Å². The Morgan fingerprint density at radius 2 is 1.46 bits per heavy atom. The van der Waals surface area contributed by atoms with Crippen LogP contribution in [0.2, 0.25) is 0 Å². The maximum absolute atomic E-state index is 12.8. The first-order chi connectivity index (χ1) is 18.7. The summed E-state index contributed by atoms with van der Waals surface area (Å²) in [5.74, 6) is -0.901. The summed E-state index contributed by atoms with van der Waals surface area (Å²) in [5, 5.41) is 24.3. The third-order valence-corrected chi connectivity index (χ3v) is 7.05. The molecule has 242 valence electrons. The summed E-state index contributed by atoms with van der Waals surface area (Å²) in [7, 11) is -13.6. The van der Waals surface area contributed by atoms with Crippen LogP contribution in [0, 0.1) is 0 Å². The number of carbonyl (C=O) groups excluding carboxylic acids is 1. The third kappa shape index (κ3) is 10.5. The Kier molecular flexibility index (Phi) is 12.3. The van der Waals surface area contributed by atoms with Gasteiger partial charge in [-0.05, 0) is 13.8 Å². The Morgan fingerprint density at radius 3 is 1.93 bits per heavy atom. The molecule has 0 aliphatic carbocycles. The van der Waals surface area contributed by atoms with Crippen LogP contribution in [0.4, 0.5) is 0 Å². The third-order valence-electron chi connectivity index (χ3n) is 5.58. The smallest absolute Gasteiger partial charge is 0.388 e. The predicted octanol–water partition coefficient (Wildman–Crippen LogP) is -4.50. The number of ether oxygens (including phenoxy) is 5. The van der Waals surface area contributed by atoms with E-state index in [0.717, 1.165) is 14.2 Å². The second kappa shape index (κ2) is 14.1. The fourth-order valence-corrected chi connectivity index (χ4v) is 5.43. The molecule has 21 nitrogen and oxygen atoms in total. The van der Waals surface area contributed by atoms with Gasteiger partial charge in [-0.15, -0.1) is 0 Å². The van der Waals surface area contributed by atoms with Gasteiger partial charge >= 0.3 is 31.1 Å². The van der Waals surface area contributed by atoms with Crippen LogP contribution in [0.5, 0.6) is 0 Å². The van der Waals surface area contributed by atoms with E-state index >= 15 is 0 Å². The van der Waals surface area contributed by atoms with Crippen molar-refractivity contribution in [1.82, 2.24) is 10.0 Å². The summed E-state index contributed by atoms with van der Waals surface area (Å²) >= 11 is 0. The van der Waals surface area contributed by atoms with Crippen LogP contribution in [-0.2, 0) is 67.9 Å².